The first-order valence-corrected chi connectivity index (χ1v) is 16.6. The standard InChI is InChI=1S/C32H41N7O2S/c1-4-20-11-15-39(18-20)25-16-26(40-19(2)23-9-7-14-38(23)3)36-31(35-25)28-21-8-5-12-32(29(21)41-37-28)13-6-10-24-27(32)22(17-33)30(34)42-24/h16,19-20,23H,4-15,18,34H2,1-3H3/t19-,20-,23-,32-/m0/s1. The van der Waals surface area contributed by atoms with Gasteiger partial charge < -0.3 is 19.9 Å². The molecule has 4 aliphatic rings. The number of likely N-dealkylation sites (N-methyl/N-ethyl adjacent to an activating group) is 1. The van der Waals surface area contributed by atoms with Crippen molar-refractivity contribution >= 4 is 22.2 Å². The Kier molecular flexibility index (Phi) is 7.14. The lowest BCUT2D eigenvalue weighted by molar-refractivity contribution is 0.117. The molecule has 2 aliphatic heterocycles. The van der Waals surface area contributed by atoms with E-state index < -0.39 is 0 Å². The molecule has 1 spiro atoms. The largest absolute Gasteiger partial charge is 0.473 e. The molecule has 0 bridgehead atoms. The fraction of sp³-hybridized carbons (Fsp3) is 0.625. The van der Waals surface area contributed by atoms with Crippen LogP contribution in [0.15, 0.2) is 10.6 Å². The van der Waals surface area contributed by atoms with Crippen molar-refractivity contribution in [1.29, 1.82) is 5.26 Å². The van der Waals surface area contributed by atoms with Crippen LogP contribution in [0, 0.1) is 17.2 Å². The highest BCUT2D eigenvalue weighted by atomic mass is 32.1. The Morgan fingerprint density at radius 2 is 2.05 bits per heavy atom. The second-order valence-corrected chi connectivity index (χ2v) is 13.9. The van der Waals surface area contributed by atoms with Crippen LogP contribution in [0.25, 0.3) is 11.5 Å². The molecule has 0 saturated carbocycles. The van der Waals surface area contributed by atoms with Gasteiger partial charge >= 0.3 is 0 Å². The lowest BCUT2D eigenvalue weighted by Crippen LogP contribution is -2.38. The fourth-order valence-electron chi connectivity index (χ4n) is 8.13. The molecule has 2 N–H and O–H groups in total. The Bertz CT molecular complexity index is 1520. The average molecular weight is 588 g/mol. The van der Waals surface area contributed by atoms with E-state index in [0.29, 0.717) is 39.9 Å². The predicted molar refractivity (Wildman–Crippen MR) is 164 cm³/mol. The SMILES string of the molecule is CC[C@H]1CCN(c2cc(O[C@@H](C)[C@@H]3CCCN3C)nc(-c3noc4c3CCC[C@@]43CCCc4sc(N)c(C#N)c43)n2)C1. The number of anilines is 2. The highest BCUT2D eigenvalue weighted by Crippen LogP contribution is 2.55. The minimum absolute atomic E-state index is 0.0127. The molecule has 0 unspecified atom stereocenters. The van der Waals surface area contributed by atoms with Crippen LogP contribution in [-0.4, -0.2) is 58.9 Å². The maximum Gasteiger partial charge on any atom is 0.219 e. The number of rotatable bonds is 6. The molecule has 5 heterocycles. The van der Waals surface area contributed by atoms with Crippen LogP contribution in [-0.2, 0) is 18.3 Å². The number of hydrogen-bond donors (Lipinski definition) is 1. The zero-order chi connectivity index (χ0) is 29.0. The molecule has 4 atom stereocenters. The number of thiophene rings is 1. The zero-order valence-electron chi connectivity index (χ0n) is 25.0. The molecule has 2 fully saturated rings. The Morgan fingerprint density at radius 1 is 1.21 bits per heavy atom. The summed E-state index contributed by atoms with van der Waals surface area (Å²) in [4.78, 5) is 16.1. The van der Waals surface area contributed by atoms with Gasteiger partial charge in [0.15, 0.2) is 17.3 Å². The molecule has 222 valence electrons. The molecule has 3 aromatic heterocycles. The third kappa shape index (κ3) is 4.47. The number of nitriles is 1. The van der Waals surface area contributed by atoms with Crippen molar-refractivity contribution in [3.8, 4) is 23.5 Å². The monoisotopic (exact) mass is 587 g/mol. The quantitative estimate of drug-likeness (QED) is 0.387. The third-order valence-corrected chi connectivity index (χ3v) is 11.5. The second-order valence-electron chi connectivity index (χ2n) is 12.8. The zero-order valence-corrected chi connectivity index (χ0v) is 25.8. The summed E-state index contributed by atoms with van der Waals surface area (Å²) in [5.74, 6) is 3.62. The molecule has 2 saturated heterocycles. The summed E-state index contributed by atoms with van der Waals surface area (Å²) in [5.41, 5.74) is 9.47. The van der Waals surface area contributed by atoms with E-state index in [1.54, 1.807) is 11.3 Å². The van der Waals surface area contributed by atoms with E-state index in [0.717, 1.165) is 87.3 Å². The molecule has 0 aromatic carbocycles. The van der Waals surface area contributed by atoms with Crippen molar-refractivity contribution < 1.29 is 9.26 Å². The van der Waals surface area contributed by atoms with Crippen LogP contribution in [0.2, 0.25) is 0 Å². The van der Waals surface area contributed by atoms with Gasteiger partial charge in [0.05, 0.1) is 11.0 Å². The number of nitrogens with two attached hydrogens (primary N) is 1. The van der Waals surface area contributed by atoms with E-state index >= 15 is 0 Å². The number of likely N-dealkylation sites (tertiary alicyclic amines) is 1. The van der Waals surface area contributed by atoms with Crippen molar-refractivity contribution in [3.63, 3.8) is 0 Å². The summed E-state index contributed by atoms with van der Waals surface area (Å²) in [6, 6.07) is 4.80. The minimum atomic E-state index is -0.368. The van der Waals surface area contributed by atoms with E-state index in [1.165, 1.54) is 24.1 Å². The summed E-state index contributed by atoms with van der Waals surface area (Å²) in [6.07, 6.45) is 10.4. The summed E-state index contributed by atoms with van der Waals surface area (Å²) < 4.78 is 12.8. The van der Waals surface area contributed by atoms with Gasteiger partial charge in [-0.2, -0.15) is 10.2 Å². The Hall–Kier alpha value is -3.16. The van der Waals surface area contributed by atoms with E-state index in [4.69, 9.17) is 25.0 Å². The molecule has 0 radical (unpaired) electrons. The number of ether oxygens (including phenoxy) is 1. The second kappa shape index (κ2) is 10.8. The Balaban J connectivity index is 1.30. The number of nitrogen functional groups attached to an aromatic ring is 1. The number of aromatic nitrogens is 3. The van der Waals surface area contributed by atoms with Gasteiger partial charge in [-0.05, 0) is 89.8 Å². The molecule has 9 nitrogen and oxygen atoms in total. The summed E-state index contributed by atoms with van der Waals surface area (Å²) in [6.45, 7) is 7.49. The maximum atomic E-state index is 10.1. The van der Waals surface area contributed by atoms with Crippen LogP contribution in [0.4, 0.5) is 10.8 Å². The predicted octanol–water partition coefficient (Wildman–Crippen LogP) is 5.70. The smallest absolute Gasteiger partial charge is 0.219 e. The molecule has 42 heavy (non-hydrogen) atoms. The van der Waals surface area contributed by atoms with Crippen molar-refractivity contribution in [3.05, 3.63) is 33.4 Å². The minimum Gasteiger partial charge on any atom is -0.473 e. The third-order valence-electron chi connectivity index (χ3n) is 10.4. The average Bonchev–Trinajstić information content (AvgIpc) is 3.78. The van der Waals surface area contributed by atoms with Gasteiger partial charge in [-0.3, -0.25) is 4.90 Å². The summed E-state index contributed by atoms with van der Waals surface area (Å²) >= 11 is 1.57. The highest BCUT2D eigenvalue weighted by Gasteiger charge is 2.49. The number of nitrogens with zero attached hydrogens (tertiary/aromatic N) is 6. The van der Waals surface area contributed by atoms with Crippen molar-refractivity contribution in [1.82, 2.24) is 20.0 Å². The first-order valence-electron chi connectivity index (χ1n) is 15.7. The molecule has 3 aromatic rings. The number of aryl methyl sites for hydroxylation is 1. The molecule has 7 rings (SSSR count). The van der Waals surface area contributed by atoms with Crippen molar-refractivity contribution in [2.45, 2.75) is 95.6 Å². The first-order chi connectivity index (χ1) is 20.4. The number of fused-ring (bicyclic) bond motifs is 4. The van der Waals surface area contributed by atoms with E-state index in [9.17, 15) is 5.26 Å². The van der Waals surface area contributed by atoms with Gasteiger partial charge in [0.1, 0.15) is 23.0 Å². The lowest BCUT2D eigenvalue weighted by Gasteiger charge is -2.39. The van der Waals surface area contributed by atoms with E-state index in [2.05, 4.69) is 41.9 Å². The van der Waals surface area contributed by atoms with Gasteiger partial charge in [-0.1, -0.05) is 18.5 Å². The van der Waals surface area contributed by atoms with Crippen LogP contribution in [0.5, 0.6) is 5.88 Å². The molecule has 10 heteroatoms. The van der Waals surface area contributed by atoms with Crippen LogP contribution in [0.3, 0.4) is 0 Å². The van der Waals surface area contributed by atoms with Gasteiger partial charge in [-0.25, -0.2) is 4.98 Å². The van der Waals surface area contributed by atoms with Gasteiger partial charge in [-0.15, -0.1) is 11.3 Å². The van der Waals surface area contributed by atoms with Gasteiger partial charge in [0, 0.05) is 35.6 Å². The van der Waals surface area contributed by atoms with Gasteiger partial charge in [0.2, 0.25) is 5.88 Å². The van der Waals surface area contributed by atoms with Crippen molar-refractivity contribution in [2.75, 3.05) is 37.3 Å². The maximum absolute atomic E-state index is 10.1. The molecular weight excluding hydrogens is 546 g/mol. The molecule has 2 aliphatic carbocycles. The summed E-state index contributed by atoms with van der Waals surface area (Å²) in [5, 5.41) is 15.4. The van der Waals surface area contributed by atoms with Crippen LogP contribution in [0.1, 0.15) is 92.5 Å². The van der Waals surface area contributed by atoms with E-state index in [1.807, 2.05) is 6.07 Å². The highest BCUT2D eigenvalue weighted by molar-refractivity contribution is 7.16. The lowest BCUT2D eigenvalue weighted by atomic mass is 9.63. The first kappa shape index (κ1) is 27.7. The topological polar surface area (TPSA) is 117 Å². The van der Waals surface area contributed by atoms with Crippen LogP contribution < -0.4 is 15.4 Å². The van der Waals surface area contributed by atoms with Crippen LogP contribution >= 0.6 is 11.3 Å². The number of hydrogen-bond acceptors (Lipinski definition) is 10. The Labute approximate surface area is 252 Å². The molecular formula is C32H41N7O2S. The summed E-state index contributed by atoms with van der Waals surface area (Å²) in [7, 11) is 2.18. The fourth-order valence-corrected chi connectivity index (χ4v) is 9.29. The van der Waals surface area contributed by atoms with Crippen molar-refractivity contribution in [2.24, 2.45) is 5.92 Å². The molecule has 0 amide bonds. The van der Waals surface area contributed by atoms with E-state index in [-0.39, 0.29) is 11.5 Å². The normalized spacial score (nSPS) is 26.3. The Morgan fingerprint density at radius 3 is 2.79 bits per heavy atom. The van der Waals surface area contributed by atoms with Gasteiger partial charge in [0.25, 0.3) is 0 Å².